The van der Waals surface area contributed by atoms with Gasteiger partial charge >= 0.3 is 0 Å². The van der Waals surface area contributed by atoms with Gasteiger partial charge in [0.2, 0.25) is 0 Å². The molecule has 4 aromatic rings. The molecular formula is C30H29N7O. The van der Waals surface area contributed by atoms with Crippen molar-refractivity contribution in [2.45, 2.75) is 45.1 Å². The topological polar surface area (TPSA) is 107 Å². The van der Waals surface area contributed by atoms with E-state index in [4.69, 9.17) is 0 Å². The molecule has 0 atom stereocenters. The van der Waals surface area contributed by atoms with Crippen molar-refractivity contribution in [1.29, 1.82) is 5.26 Å². The molecule has 1 amide bonds. The van der Waals surface area contributed by atoms with Crippen LogP contribution in [0.3, 0.4) is 0 Å². The van der Waals surface area contributed by atoms with Crippen LogP contribution in [0, 0.1) is 18.3 Å². The standard InChI is InChI=1S/C30H29N7O/c1-20-7-8-24(36-29(38)21-5-4-6-22(15-21)30(2,3)18-31)16-26(20)37(28-13-14-32-19-34-28)25-11-12-27(33-17-25)35-23-9-10-23/h4-8,11-17,19,23H,9-10H2,1-3H3,(H,33,35)(H,36,38). The summed E-state index contributed by atoms with van der Waals surface area (Å²) in [5.41, 5.74) is 3.92. The van der Waals surface area contributed by atoms with E-state index < -0.39 is 5.41 Å². The van der Waals surface area contributed by atoms with E-state index in [1.165, 1.54) is 19.2 Å². The van der Waals surface area contributed by atoms with Crippen molar-refractivity contribution >= 4 is 34.6 Å². The number of aryl methyl sites for hydroxylation is 1. The molecule has 1 fully saturated rings. The van der Waals surface area contributed by atoms with Gasteiger partial charge in [0.1, 0.15) is 18.0 Å². The third-order valence-electron chi connectivity index (χ3n) is 6.56. The van der Waals surface area contributed by atoms with Gasteiger partial charge < -0.3 is 10.6 Å². The molecule has 8 nitrogen and oxygen atoms in total. The number of hydrogen-bond acceptors (Lipinski definition) is 7. The third-order valence-corrected chi connectivity index (χ3v) is 6.56. The highest BCUT2D eigenvalue weighted by Crippen LogP contribution is 2.37. The third kappa shape index (κ3) is 5.47. The fourth-order valence-corrected chi connectivity index (χ4v) is 4.10. The Morgan fingerprint density at radius 1 is 1.08 bits per heavy atom. The molecule has 5 rings (SSSR count). The largest absolute Gasteiger partial charge is 0.367 e. The van der Waals surface area contributed by atoms with E-state index in [0.717, 1.165) is 28.3 Å². The van der Waals surface area contributed by atoms with Gasteiger partial charge in [-0.15, -0.1) is 0 Å². The number of carbonyl (C=O) groups is 1. The van der Waals surface area contributed by atoms with Crippen molar-refractivity contribution in [2.24, 2.45) is 0 Å². The quantitative estimate of drug-likeness (QED) is 0.291. The number of benzene rings is 2. The molecular weight excluding hydrogens is 474 g/mol. The van der Waals surface area contributed by atoms with Crippen LogP contribution in [0.5, 0.6) is 0 Å². The maximum Gasteiger partial charge on any atom is 0.255 e. The first-order valence-electron chi connectivity index (χ1n) is 12.6. The summed E-state index contributed by atoms with van der Waals surface area (Å²) in [5, 5.41) is 15.9. The highest BCUT2D eigenvalue weighted by atomic mass is 16.1. The number of nitrogens with one attached hydrogen (secondary N) is 2. The number of anilines is 5. The smallest absolute Gasteiger partial charge is 0.255 e. The first-order valence-corrected chi connectivity index (χ1v) is 12.6. The number of hydrogen-bond donors (Lipinski definition) is 2. The van der Waals surface area contributed by atoms with Gasteiger partial charge in [-0.3, -0.25) is 9.69 Å². The molecule has 0 unspecified atom stereocenters. The molecule has 8 heteroatoms. The second kappa shape index (κ2) is 10.3. The Hall–Kier alpha value is -4.77. The molecule has 1 saturated carbocycles. The highest BCUT2D eigenvalue weighted by Gasteiger charge is 2.23. The Morgan fingerprint density at radius 2 is 1.92 bits per heavy atom. The molecule has 2 aromatic heterocycles. The lowest BCUT2D eigenvalue weighted by atomic mass is 9.85. The van der Waals surface area contributed by atoms with Crippen LogP contribution < -0.4 is 15.5 Å². The molecule has 0 spiro atoms. The van der Waals surface area contributed by atoms with E-state index in [0.29, 0.717) is 23.1 Å². The number of carbonyl (C=O) groups excluding carboxylic acids is 1. The number of aromatic nitrogens is 3. The van der Waals surface area contributed by atoms with E-state index in [2.05, 4.69) is 31.7 Å². The fourth-order valence-electron chi connectivity index (χ4n) is 4.10. The zero-order chi connectivity index (χ0) is 26.7. The Labute approximate surface area is 222 Å². The highest BCUT2D eigenvalue weighted by molar-refractivity contribution is 6.04. The number of nitrogens with zero attached hydrogens (tertiary/aromatic N) is 5. The summed E-state index contributed by atoms with van der Waals surface area (Å²) < 4.78 is 0. The summed E-state index contributed by atoms with van der Waals surface area (Å²) >= 11 is 0. The zero-order valence-corrected chi connectivity index (χ0v) is 21.6. The maximum atomic E-state index is 13.2. The predicted molar refractivity (Wildman–Crippen MR) is 149 cm³/mol. The van der Waals surface area contributed by atoms with Gasteiger partial charge in [-0.2, -0.15) is 5.26 Å². The number of nitriles is 1. The van der Waals surface area contributed by atoms with Gasteiger partial charge in [0.25, 0.3) is 5.91 Å². The van der Waals surface area contributed by atoms with Crippen LogP contribution in [0.1, 0.15) is 48.2 Å². The molecule has 0 bridgehead atoms. The first-order chi connectivity index (χ1) is 18.3. The van der Waals surface area contributed by atoms with Gasteiger partial charge in [-0.25, -0.2) is 15.0 Å². The summed E-state index contributed by atoms with van der Waals surface area (Å²) in [4.78, 5) is 28.3. The number of rotatable bonds is 8. The second-order valence-corrected chi connectivity index (χ2v) is 10.00. The molecule has 38 heavy (non-hydrogen) atoms. The molecule has 0 radical (unpaired) electrons. The van der Waals surface area contributed by atoms with E-state index in [1.807, 2.05) is 74.3 Å². The molecule has 0 saturated heterocycles. The number of amides is 1. The molecule has 1 aliphatic carbocycles. The van der Waals surface area contributed by atoms with Gasteiger partial charge in [0.05, 0.1) is 29.1 Å². The molecule has 0 aliphatic heterocycles. The maximum absolute atomic E-state index is 13.2. The van der Waals surface area contributed by atoms with Crippen molar-refractivity contribution in [1.82, 2.24) is 15.0 Å². The van der Waals surface area contributed by atoms with Crippen LogP contribution in [0.2, 0.25) is 0 Å². The van der Waals surface area contributed by atoms with Crippen LogP contribution >= 0.6 is 0 Å². The summed E-state index contributed by atoms with van der Waals surface area (Å²) in [6, 6.07) is 21.6. The van der Waals surface area contributed by atoms with E-state index >= 15 is 0 Å². The average molecular weight is 504 g/mol. The van der Waals surface area contributed by atoms with E-state index in [9.17, 15) is 10.1 Å². The van der Waals surface area contributed by atoms with Crippen molar-refractivity contribution in [2.75, 3.05) is 15.5 Å². The normalized spacial score (nSPS) is 12.9. The van der Waals surface area contributed by atoms with Crippen LogP contribution in [-0.2, 0) is 5.41 Å². The number of pyridine rings is 1. The Bertz CT molecular complexity index is 1490. The summed E-state index contributed by atoms with van der Waals surface area (Å²) in [5.74, 6) is 1.28. The minimum absolute atomic E-state index is 0.249. The summed E-state index contributed by atoms with van der Waals surface area (Å²) in [7, 11) is 0. The van der Waals surface area contributed by atoms with Gasteiger partial charge in [-0.1, -0.05) is 18.2 Å². The van der Waals surface area contributed by atoms with Crippen LogP contribution in [0.4, 0.5) is 28.7 Å². The van der Waals surface area contributed by atoms with E-state index in [1.54, 1.807) is 24.4 Å². The lowest BCUT2D eigenvalue weighted by Crippen LogP contribution is -2.17. The molecule has 1 aliphatic rings. The minimum atomic E-state index is -0.691. The van der Waals surface area contributed by atoms with Crippen LogP contribution in [-0.4, -0.2) is 26.9 Å². The van der Waals surface area contributed by atoms with Gasteiger partial charge in [0.15, 0.2) is 0 Å². The van der Waals surface area contributed by atoms with Crippen molar-refractivity contribution in [3.63, 3.8) is 0 Å². The molecule has 2 heterocycles. The molecule has 2 aromatic carbocycles. The fraction of sp³-hybridized carbons (Fsp3) is 0.233. The van der Waals surface area contributed by atoms with Crippen molar-refractivity contribution < 1.29 is 4.79 Å². The molecule has 190 valence electrons. The Balaban J connectivity index is 1.46. The van der Waals surface area contributed by atoms with Crippen LogP contribution in [0.15, 0.2) is 79.4 Å². The average Bonchev–Trinajstić information content (AvgIpc) is 3.76. The SMILES string of the molecule is Cc1ccc(NC(=O)c2cccc(C(C)(C)C#N)c2)cc1N(c1ccc(NC2CC2)nc1)c1ccncn1. The van der Waals surface area contributed by atoms with E-state index in [-0.39, 0.29) is 5.91 Å². The summed E-state index contributed by atoms with van der Waals surface area (Å²) in [6.07, 6.45) is 7.38. The van der Waals surface area contributed by atoms with Gasteiger partial charge in [0, 0.05) is 23.5 Å². The first kappa shape index (κ1) is 24.9. The Kier molecular flexibility index (Phi) is 6.75. The van der Waals surface area contributed by atoms with Gasteiger partial charge in [-0.05, 0) is 87.2 Å². The minimum Gasteiger partial charge on any atom is -0.367 e. The summed E-state index contributed by atoms with van der Waals surface area (Å²) in [6.45, 7) is 5.68. The lowest BCUT2D eigenvalue weighted by Gasteiger charge is -2.26. The zero-order valence-electron chi connectivity index (χ0n) is 21.6. The Morgan fingerprint density at radius 3 is 2.61 bits per heavy atom. The lowest BCUT2D eigenvalue weighted by molar-refractivity contribution is 0.102. The second-order valence-electron chi connectivity index (χ2n) is 10.00. The van der Waals surface area contributed by atoms with Crippen LogP contribution in [0.25, 0.3) is 0 Å². The molecule has 2 N–H and O–H groups in total. The van der Waals surface area contributed by atoms with Crippen molar-refractivity contribution in [3.05, 3.63) is 96.1 Å². The monoisotopic (exact) mass is 503 g/mol. The van der Waals surface area contributed by atoms with Crippen molar-refractivity contribution in [3.8, 4) is 6.07 Å². The predicted octanol–water partition coefficient (Wildman–Crippen LogP) is 6.28.